The van der Waals surface area contributed by atoms with Crippen molar-refractivity contribution < 1.29 is 9.53 Å². The van der Waals surface area contributed by atoms with E-state index in [9.17, 15) is 9.59 Å². The minimum atomic E-state index is -0.0577. The molecule has 2 aromatic carbocycles. The number of hydrogen-bond acceptors (Lipinski definition) is 5. The number of likely N-dealkylation sites (tertiary alicyclic amines) is 1. The van der Waals surface area contributed by atoms with E-state index in [2.05, 4.69) is 27.3 Å². The molecule has 0 saturated carbocycles. The van der Waals surface area contributed by atoms with E-state index in [4.69, 9.17) is 4.74 Å². The summed E-state index contributed by atoms with van der Waals surface area (Å²) in [6.07, 6.45) is 4.92. The van der Waals surface area contributed by atoms with Gasteiger partial charge in [-0.25, -0.2) is 4.98 Å². The van der Waals surface area contributed by atoms with Gasteiger partial charge in [0.25, 0.3) is 5.56 Å². The molecule has 2 heterocycles. The third-order valence-electron chi connectivity index (χ3n) is 6.43. The molecule has 1 aliphatic heterocycles. The van der Waals surface area contributed by atoms with Gasteiger partial charge in [0.1, 0.15) is 5.75 Å². The fourth-order valence-electron chi connectivity index (χ4n) is 4.54. The average molecular weight is 449 g/mol. The first-order valence-corrected chi connectivity index (χ1v) is 11.7. The van der Waals surface area contributed by atoms with Crippen LogP contribution in [-0.4, -0.2) is 47.1 Å². The number of ether oxygens (including phenoxy) is 1. The topological polar surface area (TPSA) is 76.5 Å². The zero-order valence-corrected chi connectivity index (χ0v) is 19.4. The van der Waals surface area contributed by atoms with Crippen molar-refractivity contribution in [3.63, 3.8) is 0 Å². The molecule has 1 unspecified atom stereocenters. The maximum absolute atomic E-state index is 12.7. The Kier molecular flexibility index (Phi) is 7.40. The molecule has 174 valence electrons. The normalized spacial score (nSPS) is 15.0. The molecule has 1 aliphatic rings. The molecule has 0 radical (unpaired) electrons. The van der Waals surface area contributed by atoms with Crippen molar-refractivity contribution in [2.45, 2.75) is 45.2 Å². The van der Waals surface area contributed by atoms with E-state index in [0.717, 1.165) is 29.9 Å². The highest BCUT2D eigenvalue weighted by atomic mass is 16.5. The van der Waals surface area contributed by atoms with Crippen molar-refractivity contribution in [3.8, 4) is 5.75 Å². The fraction of sp³-hybridized carbons (Fsp3) is 0.423. The number of aryl methyl sites for hydroxylation is 2. The van der Waals surface area contributed by atoms with Crippen LogP contribution in [0.5, 0.6) is 5.75 Å². The first kappa shape index (κ1) is 23.0. The van der Waals surface area contributed by atoms with Crippen LogP contribution in [-0.2, 0) is 11.3 Å². The highest BCUT2D eigenvalue weighted by molar-refractivity contribution is 5.80. The van der Waals surface area contributed by atoms with Gasteiger partial charge in [0.05, 0.1) is 30.4 Å². The predicted octanol–water partition coefficient (Wildman–Crippen LogP) is 3.45. The molecular formula is C26H32N4O3. The highest BCUT2D eigenvalue weighted by Gasteiger charge is 2.24. The van der Waals surface area contributed by atoms with Crippen LogP contribution in [0, 0.1) is 6.92 Å². The van der Waals surface area contributed by atoms with Gasteiger partial charge in [-0.3, -0.25) is 19.1 Å². The van der Waals surface area contributed by atoms with Gasteiger partial charge in [0.15, 0.2) is 0 Å². The second-order valence-corrected chi connectivity index (χ2v) is 8.65. The maximum atomic E-state index is 12.7. The van der Waals surface area contributed by atoms with E-state index in [0.29, 0.717) is 31.3 Å². The number of nitrogens with one attached hydrogen (secondary N) is 1. The number of fused-ring (bicyclic) bond motifs is 1. The smallest absolute Gasteiger partial charge is 0.261 e. The molecule has 1 N–H and O–H groups in total. The van der Waals surface area contributed by atoms with Gasteiger partial charge in [0, 0.05) is 19.5 Å². The Bertz CT molecular complexity index is 1150. The van der Waals surface area contributed by atoms with Crippen LogP contribution in [0.2, 0.25) is 0 Å². The number of amides is 1. The summed E-state index contributed by atoms with van der Waals surface area (Å²) < 4.78 is 6.88. The van der Waals surface area contributed by atoms with Crippen molar-refractivity contribution in [1.82, 2.24) is 19.8 Å². The van der Waals surface area contributed by atoms with Gasteiger partial charge in [-0.2, -0.15) is 0 Å². The molecule has 0 aliphatic carbocycles. The minimum Gasteiger partial charge on any atom is -0.497 e. The number of benzene rings is 2. The molecule has 7 heteroatoms. The van der Waals surface area contributed by atoms with Crippen molar-refractivity contribution in [3.05, 3.63) is 70.3 Å². The summed E-state index contributed by atoms with van der Waals surface area (Å²) in [7, 11) is 1.66. The summed E-state index contributed by atoms with van der Waals surface area (Å²) in [5, 5.41) is 3.73. The van der Waals surface area contributed by atoms with E-state index in [1.807, 2.05) is 31.2 Å². The van der Waals surface area contributed by atoms with Crippen LogP contribution in [0.15, 0.2) is 53.6 Å². The Morgan fingerprint density at radius 3 is 2.64 bits per heavy atom. The van der Waals surface area contributed by atoms with E-state index in [-0.39, 0.29) is 17.5 Å². The number of para-hydroxylation sites is 1. The lowest BCUT2D eigenvalue weighted by Gasteiger charge is -2.28. The second kappa shape index (κ2) is 10.6. The van der Waals surface area contributed by atoms with Crippen molar-refractivity contribution in [2.75, 3.05) is 26.7 Å². The molecule has 0 spiro atoms. The van der Waals surface area contributed by atoms with Gasteiger partial charge >= 0.3 is 0 Å². The SMILES string of the molecule is COc1ccc(C(CNC(=O)CCCn2cnc3c(C)cccc3c2=O)N2CCCC2)cc1. The van der Waals surface area contributed by atoms with Crippen molar-refractivity contribution in [2.24, 2.45) is 0 Å². The lowest BCUT2D eigenvalue weighted by Crippen LogP contribution is -2.36. The molecule has 1 amide bonds. The summed E-state index contributed by atoms with van der Waals surface area (Å²) in [5.41, 5.74) is 2.85. The van der Waals surface area contributed by atoms with Crippen LogP contribution < -0.4 is 15.6 Å². The quantitative estimate of drug-likeness (QED) is 0.543. The number of aromatic nitrogens is 2. The third-order valence-corrected chi connectivity index (χ3v) is 6.43. The van der Waals surface area contributed by atoms with E-state index >= 15 is 0 Å². The molecule has 1 atom stereocenters. The maximum Gasteiger partial charge on any atom is 0.261 e. The van der Waals surface area contributed by atoms with Crippen molar-refractivity contribution in [1.29, 1.82) is 0 Å². The minimum absolute atomic E-state index is 0.00495. The molecule has 4 rings (SSSR count). The molecule has 1 saturated heterocycles. The zero-order valence-electron chi connectivity index (χ0n) is 19.4. The largest absolute Gasteiger partial charge is 0.497 e. The summed E-state index contributed by atoms with van der Waals surface area (Å²) in [5.74, 6) is 0.835. The van der Waals surface area contributed by atoms with E-state index in [1.165, 1.54) is 18.4 Å². The highest BCUT2D eigenvalue weighted by Crippen LogP contribution is 2.26. The van der Waals surface area contributed by atoms with E-state index < -0.39 is 0 Å². The molecular weight excluding hydrogens is 416 g/mol. The van der Waals surface area contributed by atoms with Gasteiger partial charge < -0.3 is 10.1 Å². The van der Waals surface area contributed by atoms with Gasteiger partial charge in [-0.05, 0) is 68.6 Å². The molecule has 1 aromatic heterocycles. The lowest BCUT2D eigenvalue weighted by atomic mass is 10.1. The number of methoxy groups -OCH3 is 1. The standard InChI is InChI=1S/C26H32N4O3/c1-19-7-5-8-22-25(19)28-18-30(26(22)32)16-6-9-24(31)27-17-23(29-14-3-4-15-29)20-10-12-21(33-2)13-11-20/h5,7-8,10-13,18,23H,3-4,6,9,14-17H2,1-2H3,(H,27,31). The predicted molar refractivity (Wildman–Crippen MR) is 130 cm³/mol. The van der Waals surface area contributed by atoms with Crippen LogP contribution in [0.25, 0.3) is 10.9 Å². The lowest BCUT2D eigenvalue weighted by molar-refractivity contribution is -0.121. The Morgan fingerprint density at radius 1 is 1.15 bits per heavy atom. The number of nitrogens with zero attached hydrogens (tertiary/aromatic N) is 3. The molecule has 0 bridgehead atoms. The van der Waals surface area contributed by atoms with Crippen LogP contribution in [0.4, 0.5) is 0 Å². The molecule has 3 aromatic rings. The van der Waals surface area contributed by atoms with Gasteiger partial charge in [-0.1, -0.05) is 24.3 Å². The Balaban J connectivity index is 1.33. The monoisotopic (exact) mass is 448 g/mol. The van der Waals surface area contributed by atoms with Crippen LogP contribution >= 0.6 is 0 Å². The second-order valence-electron chi connectivity index (χ2n) is 8.65. The van der Waals surface area contributed by atoms with Crippen LogP contribution in [0.1, 0.15) is 42.9 Å². The van der Waals surface area contributed by atoms with E-state index in [1.54, 1.807) is 24.1 Å². The summed E-state index contributed by atoms with van der Waals surface area (Å²) in [4.78, 5) is 32.2. The Hall–Kier alpha value is -3.19. The average Bonchev–Trinajstić information content (AvgIpc) is 3.36. The molecule has 33 heavy (non-hydrogen) atoms. The van der Waals surface area contributed by atoms with Gasteiger partial charge in [-0.15, -0.1) is 0 Å². The molecule has 1 fully saturated rings. The summed E-state index contributed by atoms with van der Waals surface area (Å²) >= 11 is 0. The number of rotatable bonds is 9. The molecule has 7 nitrogen and oxygen atoms in total. The first-order chi connectivity index (χ1) is 16.1. The van der Waals surface area contributed by atoms with Gasteiger partial charge in [0.2, 0.25) is 5.91 Å². The Labute approximate surface area is 194 Å². The zero-order chi connectivity index (χ0) is 23.2. The van der Waals surface area contributed by atoms with Crippen LogP contribution in [0.3, 0.4) is 0 Å². The summed E-state index contributed by atoms with van der Waals surface area (Å²) in [6, 6.07) is 13.9. The van der Waals surface area contributed by atoms with Crippen molar-refractivity contribution >= 4 is 16.8 Å². The first-order valence-electron chi connectivity index (χ1n) is 11.7. The number of carbonyl (C=O) groups excluding carboxylic acids is 1. The number of carbonyl (C=O) groups is 1. The summed E-state index contributed by atoms with van der Waals surface area (Å²) in [6.45, 7) is 5.08. The number of hydrogen-bond donors (Lipinski definition) is 1. The third kappa shape index (κ3) is 5.42. The fourth-order valence-corrected chi connectivity index (χ4v) is 4.54. The Morgan fingerprint density at radius 2 is 1.91 bits per heavy atom.